The van der Waals surface area contributed by atoms with E-state index in [9.17, 15) is 21.6 Å². The van der Waals surface area contributed by atoms with E-state index >= 15 is 0 Å². The summed E-state index contributed by atoms with van der Waals surface area (Å²) in [6.07, 6.45) is 0.573. The highest BCUT2D eigenvalue weighted by Gasteiger charge is 2.30. The van der Waals surface area contributed by atoms with Gasteiger partial charge in [-0.15, -0.1) is 0 Å². The molecule has 0 fully saturated rings. The molecule has 0 saturated carbocycles. The second kappa shape index (κ2) is 21.8. The molecule has 63 heavy (non-hydrogen) atoms. The molecule has 0 atom stereocenters. The van der Waals surface area contributed by atoms with Crippen LogP contribution in [0.2, 0.25) is 0 Å². The van der Waals surface area contributed by atoms with Gasteiger partial charge in [0.1, 0.15) is 28.7 Å². The minimum absolute atomic E-state index is 0.0477. The average Bonchev–Trinajstić information content (AvgIpc) is 3.88. The number of ether oxygens (including phenoxy) is 4. The van der Waals surface area contributed by atoms with Gasteiger partial charge in [0.15, 0.2) is 16.3 Å². The Bertz CT molecular complexity index is 2520. The molecule has 2 heterocycles. The van der Waals surface area contributed by atoms with Gasteiger partial charge in [-0.2, -0.15) is 18.8 Å². The molecule has 0 unspecified atom stereocenters. The zero-order valence-corrected chi connectivity index (χ0v) is 38.5. The summed E-state index contributed by atoms with van der Waals surface area (Å²) in [4.78, 5) is 13.2. The first kappa shape index (κ1) is 48.0. The SMILES string of the molecule is CCN(C)Cc1cc(S(=O)(=O)N(Cc2ccc(OC)cc2)Cc2ccc(OC)cc2)nn1C.COc1ccc(CN(Cc2ccc(OC)cc2)S(=O)(=O)c2cc(C=O)n(C)n2)cc1. The van der Waals surface area contributed by atoms with E-state index in [1.54, 1.807) is 70.5 Å². The van der Waals surface area contributed by atoms with Gasteiger partial charge in [-0.3, -0.25) is 14.2 Å². The first-order valence-electron chi connectivity index (χ1n) is 19.9. The predicted molar refractivity (Wildman–Crippen MR) is 239 cm³/mol. The Balaban J connectivity index is 0.000000239. The fourth-order valence-electron chi connectivity index (χ4n) is 6.28. The summed E-state index contributed by atoms with van der Waals surface area (Å²) in [5, 5.41) is 8.25. The van der Waals surface area contributed by atoms with E-state index in [0.717, 1.165) is 46.0 Å². The van der Waals surface area contributed by atoms with E-state index < -0.39 is 20.0 Å². The number of sulfonamides is 2. The van der Waals surface area contributed by atoms with E-state index in [1.807, 2.05) is 79.8 Å². The quantitative estimate of drug-likeness (QED) is 0.0832. The normalized spacial score (nSPS) is 11.7. The molecule has 4 aromatic carbocycles. The van der Waals surface area contributed by atoms with Crippen LogP contribution in [0, 0.1) is 0 Å². The van der Waals surface area contributed by atoms with Crippen molar-refractivity contribution < 1.29 is 40.6 Å². The summed E-state index contributed by atoms with van der Waals surface area (Å²) in [6.45, 7) is 4.20. The second-order valence-electron chi connectivity index (χ2n) is 14.5. The lowest BCUT2D eigenvalue weighted by atomic mass is 10.2. The number of aldehydes is 1. The number of hydrogen-bond donors (Lipinski definition) is 0. The molecule has 336 valence electrons. The monoisotopic (exact) mass is 901 g/mol. The third kappa shape index (κ3) is 12.5. The van der Waals surface area contributed by atoms with Crippen molar-refractivity contribution in [1.29, 1.82) is 0 Å². The minimum atomic E-state index is -3.96. The number of aromatic nitrogens is 4. The Labute approximate surface area is 370 Å². The third-order valence-corrected chi connectivity index (χ3v) is 13.6. The van der Waals surface area contributed by atoms with Gasteiger partial charge < -0.3 is 23.8 Å². The van der Waals surface area contributed by atoms with Crippen LogP contribution < -0.4 is 18.9 Å². The smallest absolute Gasteiger partial charge is 0.263 e. The van der Waals surface area contributed by atoms with E-state index in [-0.39, 0.29) is 41.9 Å². The van der Waals surface area contributed by atoms with Crippen molar-refractivity contribution in [1.82, 2.24) is 33.1 Å². The van der Waals surface area contributed by atoms with E-state index in [2.05, 4.69) is 22.0 Å². The topological polar surface area (TPSA) is 168 Å². The van der Waals surface area contributed by atoms with Gasteiger partial charge in [0.25, 0.3) is 20.0 Å². The Morgan fingerprint density at radius 2 is 0.841 bits per heavy atom. The van der Waals surface area contributed by atoms with Crippen molar-refractivity contribution in [3.63, 3.8) is 0 Å². The molecule has 0 saturated heterocycles. The highest BCUT2D eigenvalue weighted by Crippen LogP contribution is 2.25. The standard InChI is InChI=1S/C24H32N4O4S.C21H23N3O5S/c1-6-26(2)18-21-15-24(25-27(21)3)33(29,30)28(16-19-7-11-22(31-4)12-8-19)17-20-9-13-23(32-5)14-10-20;1-23-18(15-25)12-21(22-23)30(26,27)24(13-16-4-8-19(28-2)9-5-16)14-17-6-10-20(29-3)11-7-17/h7-15H,6,16-18H2,1-5H3;4-12,15H,13-14H2,1-3H3. The Hall–Kier alpha value is -6.05. The molecule has 0 bridgehead atoms. The highest BCUT2D eigenvalue weighted by atomic mass is 32.2. The summed E-state index contributed by atoms with van der Waals surface area (Å²) in [5.74, 6) is 2.81. The Morgan fingerprint density at radius 1 is 0.524 bits per heavy atom. The number of hydrogen-bond acceptors (Lipinski definition) is 12. The molecular weight excluding hydrogens is 847 g/mol. The summed E-state index contributed by atoms with van der Waals surface area (Å²) >= 11 is 0. The van der Waals surface area contributed by atoms with Crippen LogP contribution in [-0.2, 0) is 66.9 Å². The van der Waals surface area contributed by atoms with Crippen molar-refractivity contribution in [2.45, 2.75) is 49.7 Å². The van der Waals surface area contributed by atoms with Gasteiger partial charge in [0, 0.05) is 59.0 Å². The molecule has 6 aromatic rings. The van der Waals surface area contributed by atoms with E-state index in [4.69, 9.17) is 18.9 Å². The van der Waals surface area contributed by atoms with Crippen LogP contribution in [0.1, 0.15) is 45.4 Å². The molecule has 0 spiro atoms. The van der Waals surface area contributed by atoms with Crippen molar-refractivity contribution in [3.05, 3.63) is 143 Å². The third-order valence-electron chi connectivity index (χ3n) is 10.2. The number of carbonyl (C=O) groups excluding carboxylic acids is 1. The van der Waals surface area contributed by atoms with Gasteiger partial charge in [-0.1, -0.05) is 55.5 Å². The average molecular weight is 902 g/mol. The summed E-state index contributed by atoms with van der Waals surface area (Å²) in [5.41, 5.74) is 4.32. The van der Waals surface area contributed by atoms with Gasteiger partial charge in [0.05, 0.1) is 34.1 Å². The van der Waals surface area contributed by atoms with E-state index in [0.29, 0.717) is 24.3 Å². The Kier molecular flexibility index (Phi) is 16.6. The molecule has 18 heteroatoms. The van der Waals surface area contributed by atoms with Crippen molar-refractivity contribution in [3.8, 4) is 23.0 Å². The van der Waals surface area contributed by atoms with Gasteiger partial charge >= 0.3 is 0 Å². The molecule has 0 aliphatic heterocycles. The molecule has 2 aromatic heterocycles. The van der Waals surface area contributed by atoms with Gasteiger partial charge in [0.2, 0.25) is 0 Å². The lowest BCUT2D eigenvalue weighted by Gasteiger charge is -2.21. The van der Waals surface area contributed by atoms with Crippen LogP contribution in [0.4, 0.5) is 0 Å². The first-order valence-corrected chi connectivity index (χ1v) is 22.7. The maximum absolute atomic E-state index is 13.7. The van der Waals surface area contributed by atoms with Crippen LogP contribution in [0.15, 0.2) is 119 Å². The fraction of sp³-hybridized carbons (Fsp3) is 0.311. The van der Waals surface area contributed by atoms with Crippen molar-refractivity contribution in [2.75, 3.05) is 42.0 Å². The molecule has 0 N–H and O–H groups in total. The number of carbonyl (C=O) groups is 1. The maximum Gasteiger partial charge on any atom is 0.263 e. The summed E-state index contributed by atoms with van der Waals surface area (Å²) in [7, 11) is 3.82. The summed E-state index contributed by atoms with van der Waals surface area (Å²) < 4.78 is 80.5. The largest absolute Gasteiger partial charge is 0.497 e. The van der Waals surface area contributed by atoms with Crippen molar-refractivity contribution >= 4 is 26.3 Å². The molecule has 0 aliphatic rings. The first-order chi connectivity index (χ1) is 30.1. The van der Waals surface area contributed by atoms with E-state index in [1.165, 1.54) is 26.4 Å². The molecule has 16 nitrogen and oxygen atoms in total. The van der Waals surface area contributed by atoms with Crippen molar-refractivity contribution in [2.24, 2.45) is 14.1 Å². The fourth-order valence-corrected chi connectivity index (χ4v) is 9.10. The lowest BCUT2D eigenvalue weighted by Crippen LogP contribution is -2.30. The second-order valence-corrected chi connectivity index (χ2v) is 18.3. The molecule has 6 rings (SSSR count). The Morgan fingerprint density at radius 3 is 1.13 bits per heavy atom. The van der Waals surface area contributed by atoms with Crippen LogP contribution in [-0.4, -0.2) is 98.2 Å². The van der Waals surface area contributed by atoms with Gasteiger partial charge in [-0.25, -0.2) is 16.8 Å². The van der Waals surface area contributed by atoms with Crippen LogP contribution in [0.25, 0.3) is 0 Å². The number of benzene rings is 4. The highest BCUT2D eigenvalue weighted by molar-refractivity contribution is 7.89. The maximum atomic E-state index is 13.7. The van der Waals surface area contributed by atoms with Crippen LogP contribution in [0.3, 0.4) is 0 Å². The van der Waals surface area contributed by atoms with Crippen LogP contribution in [0.5, 0.6) is 23.0 Å². The number of nitrogens with zero attached hydrogens (tertiary/aromatic N) is 7. The predicted octanol–water partition coefficient (Wildman–Crippen LogP) is 5.92. The molecular formula is C45H55N7O9S2. The molecule has 0 aliphatic carbocycles. The van der Waals surface area contributed by atoms with Gasteiger partial charge in [-0.05, 0) is 84.4 Å². The minimum Gasteiger partial charge on any atom is -0.497 e. The zero-order valence-electron chi connectivity index (χ0n) is 36.8. The number of methoxy groups -OCH3 is 4. The number of rotatable bonds is 20. The lowest BCUT2D eigenvalue weighted by molar-refractivity contribution is 0.111. The molecule has 0 amide bonds. The molecule has 0 radical (unpaired) electrons. The van der Waals surface area contributed by atoms with Crippen LogP contribution >= 0.6 is 0 Å². The zero-order chi connectivity index (χ0) is 45.7. The number of aryl methyl sites for hydroxylation is 2. The summed E-state index contributed by atoms with van der Waals surface area (Å²) in [6, 6.07) is 32.1.